The molecule has 2 heterocycles. The molecule has 1 N–H and O–H groups in total. The molecule has 7 nitrogen and oxygen atoms in total. The average molecular weight is 350 g/mol. The number of rotatable bonds is 6. The van der Waals surface area contributed by atoms with Gasteiger partial charge in [0.25, 0.3) is 5.91 Å². The van der Waals surface area contributed by atoms with E-state index in [2.05, 4.69) is 20.6 Å². The summed E-state index contributed by atoms with van der Waals surface area (Å²) in [6, 6.07) is 9.32. The SMILES string of the molecule is O=C(Nc1ccccc1Cc1nc(C2CC2)no1)c1cc(C2CC2)on1. The third-order valence-electron chi connectivity index (χ3n) is 4.77. The van der Waals surface area contributed by atoms with Crippen LogP contribution in [0.5, 0.6) is 0 Å². The third-order valence-corrected chi connectivity index (χ3v) is 4.77. The molecule has 2 fully saturated rings. The molecule has 0 spiro atoms. The summed E-state index contributed by atoms with van der Waals surface area (Å²) in [5.41, 5.74) is 1.92. The van der Waals surface area contributed by atoms with Gasteiger partial charge in [-0.25, -0.2) is 0 Å². The number of hydrogen-bond donors (Lipinski definition) is 1. The Labute approximate surface area is 149 Å². The summed E-state index contributed by atoms with van der Waals surface area (Å²) in [6.45, 7) is 0. The lowest BCUT2D eigenvalue weighted by Gasteiger charge is -2.08. The van der Waals surface area contributed by atoms with E-state index in [0.717, 1.165) is 42.8 Å². The van der Waals surface area contributed by atoms with Crippen molar-refractivity contribution >= 4 is 11.6 Å². The molecular formula is C19H18N4O3. The quantitative estimate of drug-likeness (QED) is 0.729. The van der Waals surface area contributed by atoms with E-state index in [0.29, 0.717) is 35.5 Å². The van der Waals surface area contributed by atoms with E-state index in [1.54, 1.807) is 6.07 Å². The Morgan fingerprint density at radius 2 is 1.88 bits per heavy atom. The van der Waals surface area contributed by atoms with Crippen molar-refractivity contribution in [1.29, 1.82) is 0 Å². The van der Waals surface area contributed by atoms with Crippen molar-refractivity contribution in [3.8, 4) is 0 Å². The van der Waals surface area contributed by atoms with Gasteiger partial charge in [0.1, 0.15) is 5.76 Å². The second-order valence-electron chi connectivity index (χ2n) is 7.00. The first-order valence-corrected chi connectivity index (χ1v) is 8.94. The normalized spacial score (nSPS) is 16.6. The van der Waals surface area contributed by atoms with E-state index in [-0.39, 0.29) is 5.91 Å². The van der Waals surface area contributed by atoms with Crippen molar-refractivity contribution in [3.63, 3.8) is 0 Å². The van der Waals surface area contributed by atoms with Crippen LogP contribution in [0.25, 0.3) is 0 Å². The maximum absolute atomic E-state index is 12.5. The lowest BCUT2D eigenvalue weighted by Crippen LogP contribution is -2.13. The summed E-state index contributed by atoms with van der Waals surface area (Å²) < 4.78 is 10.6. The topological polar surface area (TPSA) is 94.1 Å². The molecular weight excluding hydrogens is 332 g/mol. The van der Waals surface area contributed by atoms with Gasteiger partial charge in [-0.2, -0.15) is 4.98 Å². The number of carbonyl (C=O) groups excluding carboxylic acids is 1. The fraction of sp³-hybridized carbons (Fsp3) is 0.368. The molecule has 0 aliphatic heterocycles. The number of para-hydroxylation sites is 1. The van der Waals surface area contributed by atoms with Gasteiger partial charge in [-0.1, -0.05) is 28.5 Å². The Morgan fingerprint density at radius 1 is 1.08 bits per heavy atom. The summed E-state index contributed by atoms with van der Waals surface area (Å²) in [5, 5.41) is 10.8. The third kappa shape index (κ3) is 3.12. The molecule has 0 bridgehead atoms. The van der Waals surface area contributed by atoms with E-state index in [1.165, 1.54) is 0 Å². The Hall–Kier alpha value is -2.96. The van der Waals surface area contributed by atoms with Gasteiger partial charge in [0.05, 0.1) is 6.42 Å². The van der Waals surface area contributed by atoms with Crippen LogP contribution in [-0.2, 0) is 6.42 Å². The second kappa shape index (κ2) is 6.09. The first-order valence-electron chi connectivity index (χ1n) is 8.94. The van der Waals surface area contributed by atoms with Gasteiger partial charge in [0.2, 0.25) is 5.89 Å². The molecule has 2 aliphatic carbocycles. The largest absolute Gasteiger partial charge is 0.360 e. The molecule has 2 aromatic heterocycles. The van der Waals surface area contributed by atoms with Crippen LogP contribution in [-0.4, -0.2) is 21.2 Å². The standard InChI is InChI=1S/C19H18N4O3/c24-19(15-10-16(25-22-15)11-5-6-11)20-14-4-2-1-3-13(14)9-17-21-18(23-26-17)12-7-8-12/h1-4,10-12H,5-9H2,(H,20,24). The first kappa shape index (κ1) is 15.3. The van der Waals surface area contributed by atoms with Crippen LogP contribution < -0.4 is 5.32 Å². The fourth-order valence-electron chi connectivity index (χ4n) is 2.95. The monoisotopic (exact) mass is 350 g/mol. The van der Waals surface area contributed by atoms with Crippen LogP contribution in [0, 0.1) is 0 Å². The molecule has 5 rings (SSSR count). The molecule has 0 unspecified atom stereocenters. The Morgan fingerprint density at radius 3 is 2.69 bits per heavy atom. The van der Waals surface area contributed by atoms with Crippen molar-refractivity contribution in [2.45, 2.75) is 43.9 Å². The highest BCUT2D eigenvalue weighted by Crippen LogP contribution is 2.40. The summed E-state index contributed by atoms with van der Waals surface area (Å²) in [5.74, 6) is 2.74. The highest BCUT2D eigenvalue weighted by Gasteiger charge is 2.30. The van der Waals surface area contributed by atoms with Gasteiger partial charge in [-0.05, 0) is 37.3 Å². The second-order valence-corrected chi connectivity index (χ2v) is 7.00. The molecule has 2 saturated carbocycles. The summed E-state index contributed by atoms with van der Waals surface area (Å²) in [4.78, 5) is 16.9. The lowest BCUT2D eigenvalue weighted by molar-refractivity contribution is 0.101. The molecule has 7 heteroatoms. The van der Waals surface area contributed by atoms with Gasteiger partial charge < -0.3 is 14.4 Å². The number of nitrogens with zero attached hydrogens (tertiary/aromatic N) is 3. The van der Waals surface area contributed by atoms with Gasteiger partial charge in [-0.3, -0.25) is 4.79 Å². The highest BCUT2D eigenvalue weighted by atomic mass is 16.5. The zero-order valence-corrected chi connectivity index (χ0v) is 14.1. The van der Waals surface area contributed by atoms with Gasteiger partial charge in [-0.15, -0.1) is 0 Å². The maximum Gasteiger partial charge on any atom is 0.277 e. The van der Waals surface area contributed by atoms with Crippen molar-refractivity contribution in [2.75, 3.05) is 5.32 Å². The van der Waals surface area contributed by atoms with Gasteiger partial charge in [0.15, 0.2) is 11.5 Å². The van der Waals surface area contributed by atoms with Crippen molar-refractivity contribution in [2.24, 2.45) is 0 Å². The van der Waals surface area contributed by atoms with E-state index in [4.69, 9.17) is 9.05 Å². The predicted octanol–water partition coefficient (Wildman–Crippen LogP) is 3.66. The molecule has 3 aromatic rings. The number of benzene rings is 1. The van der Waals surface area contributed by atoms with Crippen LogP contribution in [0.15, 0.2) is 39.4 Å². The molecule has 0 atom stereocenters. The first-order chi connectivity index (χ1) is 12.8. The highest BCUT2D eigenvalue weighted by molar-refractivity contribution is 6.03. The van der Waals surface area contributed by atoms with Crippen LogP contribution in [0.2, 0.25) is 0 Å². The van der Waals surface area contributed by atoms with Gasteiger partial charge >= 0.3 is 0 Å². The lowest BCUT2D eigenvalue weighted by atomic mass is 10.1. The molecule has 0 radical (unpaired) electrons. The Balaban J connectivity index is 1.32. The molecule has 2 aliphatic rings. The minimum atomic E-state index is -0.280. The number of nitrogens with one attached hydrogen (secondary N) is 1. The van der Waals surface area contributed by atoms with Crippen molar-refractivity contribution < 1.29 is 13.8 Å². The van der Waals surface area contributed by atoms with Crippen LogP contribution in [0.3, 0.4) is 0 Å². The summed E-state index contributed by atoms with van der Waals surface area (Å²) >= 11 is 0. The number of anilines is 1. The van der Waals surface area contributed by atoms with Crippen LogP contribution in [0.1, 0.15) is 71.0 Å². The minimum absolute atomic E-state index is 0.280. The number of carbonyl (C=O) groups is 1. The van der Waals surface area contributed by atoms with Crippen LogP contribution >= 0.6 is 0 Å². The molecule has 0 saturated heterocycles. The smallest absolute Gasteiger partial charge is 0.277 e. The van der Waals surface area contributed by atoms with Crippen molar-refractivity contribution in [3.05, 3.63) is 59.1 Å². The van der Waals surface area contributed by atoms with E-state index >= 15 is 0 Å². The maximum atomic E-state index is 12.5. The van der Waals surface area contributed by atoms with Crippen molar-refractivity contribution in [1.82, 2.24) is 15.3 Å². The molecule has 1 amide bonds. The number of amides is 1. The van der Waals surface area contributed by atoms with Crippen LogP contribution in [0.4, 0.5) is 5.69 Å². The molecule has 132 valence electrons. The number of hydrogen-bond acceptors (Lipinski definition) is 6. The Kier molecular flexibility index (Phi) is 3.58. The summed E-state index contributed by atoms with van der Waals surface area (Å²) in [7, 11) is 0. The number of aromatic nitrogens is 3. The van der Waals surface area contributed by atoms with Gasteiger partial charge in [0, 0.05) is 23.6 Å². The molecule has 1 aromatic carbocycles. The van der Waals surface area contributed by atoms with E-state index in [9.17, 15) is 4.79 Å². The fourth-order valence-corrected chi connectivity index (χ4v) is 2.95. The Bertz CT molecular complexity index is 953. The van der Waals surface area contributed by atoms with E-state index in [1.807, 2.05) is 24.3 Å². The predicted molar refractivity (Wildman–Crippen MR) is 92.0 cm³/mol. The minimum Gasteiger partial charge on any atom is -0.360 e. The zero-order chi connectivity index (χ0) is 17.5. The zero-order valence-electron chi connectivity index (χ0n) is 14.1. The average Bonchev–Trinajstić information content (AvgIpc) is 3.58. The summed E-state index contributed by atoms with van der Waals surface area (Å²) in [6.07, 6.45) is 4.94. The van der Waals surface area contributed by atoms with E-state index < -0.39 is 0 Å². The molecule has 26 heavy (non-hydrogen) atoms.